The minimum Gasteiger partial charge on any atom is -0.323 e. The summed E-state index contributed by atoms with van der Waals surface area (Å²) >= 11 is 0. The van der Waals surface area contributed by atoms with Crippen molar-refractivity contribution in [2.45, 2.75) is 0 Å². The van der Waals surface area contributed by atoms with Crippen molar-refractivity contribution >= 4 is 0 Å². The Morgan fingerprint density at radius 2 is 1.00 bits per heavy atom. The standard InChI is InChI=1S/C22H16FN/c23-19-11-13-20(14-12-19)24-15-21(17-7-3-1-4-8-17)22(16-24)18-9-5-2-6-10-18/h1-16H. The van der Waals surface area contributed by atoms with E-state index in [0.717, 1.165) is 27.9 Å². The van der Waals surface area contributed by atoms with E-state index in [-0.39, 0.29) is 5.82 Å². The van der Waals surface area contributed by atoms with E-state index >= 15 is 0 Å². The largest absolute Gasteiger partial charge is 0.323 e. The quantitative estimate of drug-likeness (QED) is 0.440. The van der Waals surface area contributed by atoms with Gasteiger partial charge in [-0.05, 0) is 35.4 Å². The summed E-state index contributed by atoms with van der Waals surface area (Å²) in [5.41, 5.74) is 5.59. The summed E-state index contributed by atoms with van der Waals surface area (Å²) in [6.07, 6.45) is 4.20. The fourth-order valence-electron chi connectivity index (χ4n) is 2.91. The summed E-state index contributed by atoms with van der Waals surface area (Å²) in [5.74, 6) is -0.225. The van der Waals surface area contributed by atoms with Gasteiger partial charge in [0.05, 0.1) is 0 Å². The Balaban J connectivity index is 1.89. The molecule has 0 saturated carbocycles. The third-order valence-electron chi connectivity index (χ3n) is 4.12. The maximum atomic E-state index is 13.2. The van der Waals surface area contributed by atoms with Gasteiger partial charge in [-0.15, -0.1) is 0 Å². The first-order valence-electron chi connectivity index (χ1n) is 7.90. The molecule has 1 aromatic heterocycles. The molecule has 0 N–H and O–H groups in total. The van der Waals surface area contributed by atoms with Gasteiger partial charge in [0.15, 0.2) is 0 Å². The van der Waals surface area contributed by atoms with Crippen molar-refractivity contribution < 1.29 is 4.39 Å². The zero-order chi connectivity index (χ0) is 16.4. The Morgan fingerprint density at radius 3 is 1.46 bits per heavy atom. The van der Waals surface area contributed by atoms with Crippen LogP contribution < -0.4 is 0 Å². The van der Waals surface area contributed by atoms with Crippen LogP contribution in [0.2, 0.25) is 0 Å². The molecule has 1 nitrogen and oxygen atoms in total. The van der Waals surface area contributed by atoms with Crippen molar-refractivity contribution in [3.8, 4) is 27.9 Å². The lowest BCUT2D eigenvalue weighted by atomic mass is 9.99. The van der Waals surface area contributed by atoms with Crippen LogP contribution in [0, 0.1) is 5.82 Å². The summed E-state index contributed by atoms with van der Waals surface area (Å²) in [4.78, 5) is 0. The highest BCUT2D eigenvalue weighted by atomic mass is 19.1. The number of hydrogen-bond acceptors (Lipinski definition) is 0. The van der Waals surface area contributed by atoms with Gasteiger partial charge in [-0.3, -0.25) is 0 Å². The Bertz CT molecular complexity index is 881. The van der Waals surface area contributed by atoms with Crippen molar-refractivity contribution in [3.05, 3.63) is 103 Å². The normalized spacial score (nSPS) is 10.7. The van der Waals surface area contributed by atoms with Crippen molar-refractivity contribution in [1.29, 1.82) is 0 Å². The SMILES string of the molecule is Fc1ccc(-n2cc(-c3ccccc3)c(-c3ccccc3)c2)cc1. The van der Waals surface area contributed by atoms with Crippen molar-refractivity contribution in [3.63, 3.8) is 0 Å². The molecule has 0 atom stereocenters. The van der Waals surface area contributed by atoms with Crippen LogP contribution in [0.25, 0.3) is 27.9 Å². The van der Waals surface area contributed by atoms with E-state index in [4.69, 9.17) is 0 Å². The lowest BCUT2D eigenvalue weighted by molar-refractivity contribution is 0.627. The molecule has 0 radical (unpaired) electrons. The van der Waals surface area contributed by atoms with Gasteiger partial charge in [0.2, 0.25) is 0 Å². The number of hydrogen-bond donors (Lipinski definition) is 0. The second-order valence-corrected chi connectivity index (χ2v) is 5.70. The van der Waals surface area contributed by atoms with Gasteiger partial charge < -0.3 is 4.57 Å². The van der Waals surface area contributed by atoms with Gasteiger partial charge in [-0.2, -0.15) is 0 Å². The molecule has 1 heterocycles. The second-order valence-electron chi connectivity index (χ2n) is 5.70. The lowest BCUT2D eigenvalue weighted by Gasteiger charge is -2.03. The zero-order valence-corrected chi connectivity index (χ0v) is 13.1. The van der Waals surface area contributed by atoms with E-state index in [9.17, 15) is 4.39 Å². The predicted molar refractivity (Wildman–Crippen MR) is 96.6 cm³/mol. The van der Waals surface area contributed by atoms with Crippen LogP contribution in [0.4, 0.5) is 4.39 Å². The van der Waals surface area contributed by atoms with Crippen LogP contribution >= 0.6 is 0 Å². The molecule has 24 heavy (non-hydrogen) atoms. The van der Waals surface area contributed by atoms with Crippen LogP contribution in [0.3, 0.4) is 0 Å². The van der Waals surface area contributed by atoms with Crippen LogP contribution in [0.5, 0.6) is 0 Å². The first-order valence-corrected chi connectivity index (χ1v) is 7.90. The van der Waals surface area contributed by atoms with Crippen LogP contribution in [-0.2, 0) is 0 Å². The molecule has 0 fully saturated rings. The molecular formula is C22H16FN. The first-order chi connectivity index (χ1) is 11.8. The number of halogens is 1. The molecule has 4 rings (SSSR count). The van der Waals surface area contributed by atoms with Crippen LogP contribution in [0.15, 0.2) is 97.3 Å². The van der Waals surface area contributed by atoms with Crippen LogP contribution in [0.1, 0.15) is 0 Å². The van der Waals surface area contributed by atoms with E-state index in [1.54, 1.807) is 12.1 Å². The van der Waals surface area contributed by atoms with E-state index in [0.29, 0.717) is 0 Å². The maximum Gasteiger partial charge on any atom is 0.123 e. The fraction of sp³-hybridized carbons (Fsp3) is 0. The molecule has 3 aromatic carbocycles. The minimum absolute atomic E-state index is 0.225. The smallest absolute Gasteiger partial charge is 0.123 e. The predicted octanol–water partition coefficient (Wildman–Crippen LogP) is 5.95. The average Bonchev–Trinajstić information content (AvgIpc) is 3.09. The number of nitrogens with zero attached hydrogens (tertiary/aromatic N) is 1. The summed E-state index contributed by atoms with van der Waals surface area (Å²) in [7, 11) is 0. The Hall–Kier alpha value is -3.13. The Labute approximate surface area is 140 Å². The maximum absolute atomic E-state index is 13.2. The van der Waals surface area contributed by atoms with Crippen molar-refractivity contribution in [1.82, 2.24) is 4.57 Å². The van der Waals surface area contributed by atoms with Gasteiger partial charge in [0.1, 0.15) is 5.82 Å². The van der Waals surface area contributed by atoms with Gasteiger partial charge in [0, 0.05) is 29.2 Å². The molecule has 0 saturated heterocycles. The zero-order valence-electron chi connectivity index (χ0n) is 13.1. The van der Waals surface area contributed by atoms with Gasteiger partial charge in [-0.25, -0.2) is 4.39 Å². The van der Waals surface area contributed by atoms with E-state index in [2.05, 4.69) is 36.7 Å². The third-order valence-corrected chi connectivity index (χ3v) is 4.12. The second kappa shape index (κ2) is 6.17. The first kappa shape index (κ1) is 14.5. The summed E-state index contributed by atoms with van der Waals surface area (Å²) in [6.45, 7) is 0. The highest BCUT2D eigenvalue weighted by Gasteiger charge is 2.11. The highest BCUT2D eigenvalue weighted by Crippen LogP contribution is 2.34. The molecule has 0 bridgehead atoms. The van der Waals surface area contributed by atoms with Gasteiger partial charge >= 0.3 is 0 Å². The Kier molecular flexibility index (Phi) is 3.72. The lowest BCUT2D eigenvalue weighted by Crippen LogP contribution is -1.89. The molecule has 0 unspecified atom stereocenters. The molecule has 0 amide bonds. The summed E-state index contributed by atoms with van der Waals surface area (Å²) < 4.78 is 15.3. The monoisotopic (exact) mass is 313 g/mol. The molecule has 0 spiro atoms. The molecule has 4 aromatic rings. The topological polar surface area (TPSA) is 4.93 Å². The fourth-order valence-corrected chi connectivity index (χ4v) is 2.91. The average molecular weight is 313 g/mol. The minimum atomic E-state index is -0.225. The van der Waals surface area contributed by atoms with E-state index in [1.807, 2.05) is 41.0 Å². The van der Waals surface area contributed by atoms with Crippen LogP contribution in [-0.4, -0.2) is 4.57 Å². The Morgan fingerprint density at radius 1 is 0.542 bits per heavy atom. The van der Waals surface area contributed by atoms with E-state index < -0.39 is 0 Å². The molecule has 0 aliphatic carbocycles. The molecular weight excluding hydrogens is 297 g/mol. The summed E-state index contributed by atoms with van der Waals surface area (Å²) in [5, 5.41) is 0. The van der Waals surface area contributed by atoms with E-state index in [1.165, 1.54) is 12.1 Å². The molecule has 0 aliphatic heterocycles. The van der Waals surface area contributed by atoms with Crippen molar-refractivity contribution in [2.75, 3.05) is 0 Å². The van der Waals surface area contributed by atoms with Gasteiger partial charge in [-0.1, -0.05) is 60.7 Å². The van der Waals surface area contributed by atoms with Gasteiger partial charge in [0.25, 0.3) is 0 Å². The molecule has 2 heteroatoms. The number of aromatic nitrogens is 1. The molecule has 0 aliphatic rings. The third kappa shape index (κ3) is 2.74. The summed E-state index contributed by atoms with van der Waals surface area (Å²) in [6, 6.07) is 27.2. The molecule has 116 valence electrons. The number of benzene rings is 3. The van der Waals surface area contributed by atoms with Crippen molar-refractivity contribution in [2.24, 2.45) is 0 Å². The highest BCUT2D eigenvalue weighted by molar-refractivity contribution is 5.83. The number of rotatable bonds is 3.